The Balaban J connectivity index is 1.31. The van der Waals surface area contributed by atoms with E-state index in [1.807, 2.05) is 26.0 Å². The molecule has 0 amide bonds. The molecule has 2 saturated carbocycles. The molecular weight excluding hydrogens is 536 g/mol. The van der Waals surface area contributed by atoms with Crippen molar-refractivity contribution in [2.24, 2.45) is 17.8 Å². The molecule has 0 aromatic heterocycles. The number of aliphatic hydroxyl groups is 3. The van der Waals surface area contributed by atoms with Gasteiger partial charge in [0, 0.05) is 17.9 Å². The predicted octanol–water partition coefficient (Wildman–Crippen LogP) is 4.43. The normalized spacial score (nSPS) is 48.4. The van der Waals surface area contributed by atoms with E-state index < -0.39 is 70.9 Å². The Morgan fingerprint density at radius 2 is 1.81 bits per heavy atom. The van der Waals surface area contributed by atoms with Crippen molar-refractivity contribution in [3.05, 3.63) is 48.1 Å². The maximum atomic E-state index is 13.5. The third kappa shape index (κ3) is 3.95. The minimum atomic E-state index is -2.22. The molecule has 3 N–H and O–H groups in total. The van der Waals surface area contributed by atoms with E-state index in [9.17, 15) is 20.1 Å². The fraction of sp³-hybridized carbons (Fsp3) is 0.735. The largest absolute Gasteiger partial charge is 0.393 e. The van der Waals surface area contributed by atoms with Crippen LogP contribution in [-0.2, 0) is 23.7 Å². The lowest BCUT2D eigenvalue weighted by Gasteiger charge is -2.59. The van der Waals surface area contributed by atoms with Gasteiger partial charge in [0.2, 0.25) is 0 Å². The van der Waals surface area contributed by atoms with Crippen molar-refractivity contribution in [2.45, 2.75) is 132 Å². The van der Waals surface area contributed by atoms with Gasteiger partial charge in [-0.25, -0.2) is 0 Å². The molecule has 6 aliphatic rings. The van der Waals surface area contributed by atoms with Gasteiger partial charge in [0.05, 0.1) is 12.2 Å². The number of rotatable bonds is 12. The summed E-state index contributed by atoms with van der Waals surface area (Å²) in [4.78, 5) is 13.5. The summed E-state index contributed by atoms with van der Waals surface area (Å²) in [5.74, 6) is -3.80. The third-order valence-electron chi connectivity index (χ3n) is 11.2. The molecule has 8 nitrogen and oxygen atoms in total. The lowest BCUT2D eigenvalue weighted by molar-refractivity contribution is -0.406. The fourth-order valence-electron chi connectivity index (χ4n) is 8.98. The molecule has 8 heteroatoms. The number of Topliss-reactive ketones (excluding diaryl/α,β-unsaturated/α-hetero) is 1. The number of ketones is 1. The average molecular weight is 585 g/mol. The summed E-state index contributed by atoms with van der Waals surface area (Å²) in [6, 6.07) is 0. The number of carbonyl (C=O) groups is 1. The van der Waals surface area contributed by atoms with Crippen LogP contribution in [0.25, 0.3) is 0 Å². The summed E-state index contributed by atoms with van der Waals surface area (Å²) >= 11 is 0. The number of allylic oxidation sites excluding steroid dienone is 3. The van der Waals surface area contributed by atoms with Gasteiger partial charge in [-0.1, -0.05) is 83.3 Å². The van der Waals surface area contributed by atoms with E-state index in [0.717, 1.165) is 18.4 Å². The number of epoxide rings is 1. The van der Waals surface area contributed by atoms with Crippen LogP contribution in [0.15, 0.2) is 48.1 Å². The Labute approximate surface area is 249 Å². The van der Waals surface area contributed by atoms with Crippen LogP contribution in [0.5, 0.6) is 0 Å². The van der Waals surface area contributed by atoms with E-state index in [1.54, 1.807) is 19.1 Å². The molecule has 3 aliphatic heterocycles. The van der Waals surface area contributed by atoms with E-state index in [0.29, 0.717) is 12.0 Å². The van der Waals surface area contributed by atoms with E-state index in [1.165, 1.54) is 38.5 Å². The van der Waals surface area contributed by atoms with Gasteiger partial charge in [-0.05, 0) is 50.2 Å². The van der Waals surface area contributed by atoms with E-state index in [4.69, 9.17) is 18.9 Å². The quantitative estimate of drug-likeness (QED) is 0.134. The minimum absolute atomic E-state index is 0.236. The summed E-state index contributed by atoms with van der Waals surface area (Å²) in [5, 5.41) is 34.2. The molecule has 3 bridgehead atoms. The fourth-order valence-corrected chi connectivity index (χ4v) is 8.98. The lowest BCUT2D eigenvalue weighted by atomic mass is 9.54. The Kier molecular flexibility index (Phi) is 7.57. The van der Waals surface area contributed by atoms with Gasteiger partial charge >= 0.3 is 5.97 Å². The van der Waals surface area contributed by atoms with Crippen LogP contribution in [-0.4, -0.2) is 74.4 Å². The maximum Gasteiger partial charge on any atom is 0.306 e. The number of aliphatic hydroxyl groups excluding tert-OH is 2. The standard InChI is InChI=1S/C34H48O8/c1-6-7-8-9-10-11-12-13-14-15-16-17-32-40-27-25-28-31(20-35,39-28)29(37)33(38)24(18-22(4)26(33)36)34(25,42-32)23(5)19-30(27,41-32)21(2)3/h14-18,23-25,27-29,35,37-38H,2,6-13,19-20H2,1,3-5H3/b15-14+,17-16+/t23-,24+,25+,27+,28-,29+,30+,31-,32+,33+,34+/m0/s1. The highest BCUT2D eigenvalue weighted by Crippen LogP contribution is 2.72. The third-order valence-corrected chi connectivity index (χ3v) is 11.2. The second-order valence-corrected chi connectivity index (χ2v) is 13.7. The number of carbonyl (C=O) groups excluding carboxylic acids is 1. The molecule has 3 aliphatic carbocycles. The Morgan fingerprint density at radius 1 is 1.10 bits per heavy atom. The predicted molar refractivity (Wildman–Crippen MR) is 156 cm³/mol. The van der Waals surface area contributed by atoms with Crippen LogP contribution in [0.1, 0.15) is 85.5 Å². The first kappa shape index (κ1) is 30.4. The van der Waals surface area contributed by atoms with E-state index in [-0.39, 0.29) is 5.92 Å². The number of ether oxygens (including phenoxy) is 4. The molecule has 42 heavy (non-hydrogen) atoms. The molecule has 3 heterocycles. The first-order valence-electron chi connectivity index (χ1n) is 16.0. The Bertz CT molecular complexity index is 1210. The Hall–Kier alpha value is -1.65. The average Bonchev–Trinajstić information content (AvgIpc) is 3.60. The van der Waals surface area contributed by atoms with Crippen molar-refractivity contribution in [1.29, 1.82) is 0 Å². The molecule has 11 atom stereocenters. The molecule has 5 fully saturated rings. The van der Waals surface area contributed by atoms with Crippen molar-refractivity contribution in [3.8, 4) is 0 Å². The first-order chi connectivity index (χ1) is 20.0. The maximum absolute atomic E-state index is 13.5. The van der Waals surface area contributed by atoms with Gasteiger partial charge < -0.3 is 34.3 Å². The number of hydrogen-bond acceptors (Lipinski definition) is 8. The van der Waals surface area contributed by atoms with Gasteiger partial charge in [0.15, 0.2) is 11.4 Å². The first-order valence-corrected chi connectivity index (χ1v) is 16.0. The highest BCUT2D eigenvalue weighted by atomic mass is 16.9. The van der Waals surface area contributed by atoms with E-state index >= 15 is 0 Å². The van der Waals surface area contributed by atoms with Crippen LogP contribution in [0.3, 0.4) is 0 Å². The molecule has 0 spiro atoms. The van der Waals surface area contributed by atoms with E-state index in [2.05, 4.69) is 19.6 Å². The molecule has 6 rings (SSSR count). The second kappa shape index (κ2) is 10.5. The summed E-state index contributed by atoms with van der Waals surface area (Å²) in [5.41, 5.74) is -4.66. The van der Waals surface area contributed by atoms with Gasteiger partial charge in [0.1, 0.15) is 29.5 Å². The summed E-state index contributed by atoms with van der Waals surface area (Å²) in [6.07, 6.45) is 16.9. The molecule has 0 radical (unpaired) electrons. The molecule has 0 unspecified atom stereocenters. The van der Waals surface area contributed by atoms with Crippen LogP contribution < -0.4 is 0 Å². The lowest BCUT2D eigenvalue weighted by Crippen LogP contribution is -2.72. The molecule has 3 saturated heterocycles. The zero-order chi connectivity index (χ0) is 30.1. The van der Waals surface area contributed by atoms with Crippen LogP contribution in [0, 0.1) is 17.8 Å². The summed E-state index contributed by atoms with van der Waals surface area (Å²) < 4.78 is 26.5. The monoisotopic (exact) mass is 584 g/mol. The van der Waals surface area contributed by atoms with Gasteiger partial charge in [0.25, 0.3) is 0 Å². The van der Waals surface area contributed by atoms with Crippen LogP contribution in [0.4, 0.5) is 0 Å². The topological polar surface area (TPSA) is 118 Å². The number of hydrogen-bond donors (Lipinski definition) is 3. The van der Waals surface area contributed by atoms with Crippen molar-refractivity contribution in [2.75, 3.05) is 6.61 Å². The van der Waals surface area contributed by atoms with Gasteiger partial charge in [-0.3, -0.25) is 4.79 Å². The van der Waals surface area contributed by atoms with Crippen molar-refractivity contribution in [3.63, 3.8) is 0 Å². The molecule has 0 aromatic rings. The molecule has 232 valence electrons. The van der Waals surface area contributed by atoms with Crippen LogP contribution >= 0.6 is 0 Å². The van der Waals surface area contributed by atoms with Gasteiger partial charge in [-0.2, -0.15) is 0 Å². The van der Waals surface area contributed by atoms with Crippen molar-refractivity contribution in [1.82, 2.24) is 0 Å². The zero-order valence-corrected chi connectivity index (χ0v) is 25.5. The SMILES string of the molecule is C=C(C)[C@]12C[C@H](C)[C@]34O[C@](/C=C/C=C/CCCCCCCCC)(O[C@@H]1[C@@H]3[C@@H]1O[C@]1(CO)[C@@H](O)[C@]1(O)C(=O)C(C)=C[C@H]14)O2. The van der Waals surface area contributed by atoms with Crippen LogP contribution in [0.2, 0.25) is 0 Å². The highest BCUT2D eigenvalue weighted by molar-refractivity contribution is 6.05. The number of fused-ring (bicyclic) bond motifs is 3. The second-order valence-electron chi connectivity index (χ2n) is 13.7. The zero-order valence-electron chi connectivity index (χ0n) is 25.5. The van der Waals surface area contributed by atoms with Crippen molar-refractivity contribution >= 4 is 5.78 Å². The molecule has 0 aromatic carbocycles. The molecular formula is C34H48O8. The number of unbranched alkanes of at least 4 members (excludes halogenated alkanes) is 7. The highest BCUT2D eigenvalue weighted by Gasteiger charge is 2.88. The summed E-state index contributed by atoms with van der Waals surface area (Å²) in [7, 11) is 0. The Morgan fingerprint density at radius 3 is 2.50 bits per heavy atom. The summed E-state index contributed by atoms with van der Waals surface area (Å²) in [6.45, 7) is 11.6. The van der Waals surface area contributed by atoms with Crippen molar-refractivity contribution < 1.29 is 39.1 Å². The minimum Gasteiger partial charge on any atom is -0.393 e. The van der Waals surface area contributed by atoms with Gasteiger partial charge in [-0.15, -0.1) is 0 Å². The smallest absolute Gasteiger partial charge is 0.306 e.